The zero-order valence-corrected chi connectivity index (χ0v) is 11.1. The van der Waals surface area contributed by atoms with E-state index in [0.717, 1.165) is 25.8 Å². The summed E-state index contributed by atoms with van der Waals surface area (Å²) in [6.45, 7) is 2.11. The molecule has 0 aromatic heterocycles. The molecule has 2 rings (SSSR count). The average molecular weight is 270 g/mol. The molecule has 2 aliphatic rings. The molecule has 0 radical (unpaired) electrons. The molecule has 108 valence electrons. The van der Waals surface area contributed by atoms with Crippen molar-refractivity contribution in [1.29, 1.82) is 0 Å². The fourth-order valence-electron chi connectivity index (χ4n) is 3.03. The van der Waals surface area contributed by atoms with Crippen LogP contribution in [0.15, 0.2) is 0 Å². The van der Waals surface area contributed by atoms with Crippen LogP contribution in [0.25, 0.3) is 0 Å². The van der Waals surface area contributed by atoms with Gasteiger partial charge in [0.1, 0.15) is 0 Å². The van der Waals surface area contributed by atoms with Gasteiger partial charge >= 0.3 is 12.0 Å². The Hall–Kier alpha value is -1.30. The number of hydrogen-bond donors (Lipinski definition) is 2. The Morgan fingerprint density at radius 3 is 2.68 bits per heavy atom. The third-order valence-corrected chi connectivity index (χ3v) is 4.16. The molecule has 2 fully saturated rings. The van der Waals surface area contributed by atoms with E-state index in [4.69, 9.17) is 5.11 Å². The van der Waals surface area contributed by atoms with Crippen molar-refractivity contribution >= 4 is 12.0 Å². The smallest absolute Gasteiger partial charge is 0.320 e. The Balaban J connectivity index is 1.83. The Morgan fingerprint density at radius 2 is 2.00 bits per heavy atom. The quantitative estimate of drug-likeness (QED) is 0.790. The van der Waals surface area contributed by atoms with Crippen LogP contribution in [0.2, 0.25) is 0 Å². The van der Waals surface area contributed by atoms with Gasteiger partial charge in [0.05, 0.1) is 12.6 Å². The molecule has 0 aromatic rings. The molecular weight excluding hydrogens is 248 g/mol. The van der Waals surface area contributed by atoms with Gasteiger partial charge in [0.2, 0.25) is 0 Å². The van der Waals surface area contributed by atoms with Crippen LogP contribution in [0, 0.1) is 5.92 Å². The number of nitrogens with zero attached hydrogens (tertiary/aromatic N) is 2. The van der Waals surface area contributed by atoms with Gasteiger partial charge in [0, 0.05) is 26.1 Å². The van der Waals surface area contributed by atoms with E-state index in [-0.39, 0.29) is 25.1 Å². The Morgan fingerprint density at radius 1 is 1.21 bits per heavy atom. The highest BCUT2D eigenvalue weighted by Crippen LogP contribution is 2.25. The summed E-state index contributed by atoms with van der Waals surface area (Å²) >= 11 is 0. The minimum atomic E-state index is -0.773. The number of carboxylic acids is 1. The lowest BCUT2D eigenvalue weighted by Gasteiger charge is -2.28. The van der Waals surface area contributed by atoms with Gasteiger partial charge in [-0.05, 0) is 31.6 Å². The van der Waals surface area contributed by atoms with Crippen molar-refractivity contribution in [3.05, 3.63) is 0 Å². The van der Waals surface area contributed by atoms with Crippen LogP contribution < -0.4 is 0 Å². The van der Waals surface area contributed by atoms with E-state index >= 15 is 0 Å². The molecular formula is C13H22N2O4. The lowest BCUT2D eigenvalue weighted by molar-refractivity contribution is -0.137. The zero-order chi connectivity index (χ0) is 13.8. The molecule has 2 N–H and O–H groups in total. The molecule has 6 heteroatoms. The number of hydrogen-bond acceptors (Lipinski definition) is 3. The van der Waals surface area contributed by atoms with Gasteiger partial charge in [-0.3, -0.25) is 4.79 Å². The summed E-state index contributed by atoms with van der Waals surface area (Å²) in [5.41, 5.74) is 0. The van der Waals surface area contributed by atoms with Crippen molar-refractivity contribution in [2.75, 3.05) is 26.2 Å². The van der Waals surface area contributed by atoms with E-state index in [2.05, 4.69) is 0 Å². The first-order chi connectivity index (χ1) is 9.11. The molecule has 2 saturated heterocycles. The first-order valence-corrected chi connectivity index (χ1v) is 7.00. The first kappa shape index (κ1) is 14.1. The van der Waals surface area contributed by atoms with Crippen LogP contribution in [0.1, 0.15) is 32.1 Å². The second-order valence-corrected chi connectivity index (χ2v) is 5.49. The summed E-state index contributed by atoms with van der Waals surface area (Å²) in [5.74, 6) is -0.472. The largest absolute Gasteiger partial charge is 0.481 e. The third-order valence-electron chi connectivity index (χ3n) is 4.16. The Bertz CT molecular complexity index is 348. The fraction of sp³-hybridized carbons (Fsp3) is 0.846. The van der Waals surface area contributed by atoms with Gasteiger partial charge in [-0.25, -0.2) is 4.79 Å². The molecule has 0 aromatic carbocycles. The molecule has 6 nitrogen and oxygen atoms in total. The molecule has 2 amide bonds. The van der Waals surface area contributed by atoms with E-state index in [1.165, 1.54) is 0 Å². The van der Waals surface area contributed by atoms with Crippen molar-refractivity contribution in [2.45, 2.75) is 38.1 Å². The molecule has 0 saturated carbocycles. The number of aliphatic hydroxyl groups excluding tert-OH is 1. The lowest BCUT2D eigenvalue weighted by Crippen LogP contribution is -2.45. The number of amides is 2. The molecule has 19 heavy (non-hydrogen) atoms. The summed E-state index contributed by atoms with van der Waals surface area (Å²) in [4.78, 5) is 26.4. The SMILES string of the molecule is O=C(O)CCC1CCN(C(=O)N2CCCC2CO)C1. The number of carbonyl (C=O) groups excluding carboxylic acids is 1. The van der Waals surface area contributed by atoms with E-state index in [1.807, 2.05) is 0 Å². The predicted octanol–water partition coefficient (Wildman–Crippen LogP) is 0.750. The zero-order valence-electron chi connectivity index (χ0n) is 11.1. The minimum absolute atomic E-state index is 0.00868. The highest BCUT2D eigenvalue weighted by atomic mass is 16.4. The summed E-state index contributed by atoms with van der Waals surface area (Å²) in [6.07, 6.45) is 3.53. The van der Waals surface area contributed by atoms with Crippen LogP contribution >= 0.6 is 0 Å². The second-order valence-electron chi connectivity index (χ2n) is 5.49. The Kier molecular flexibility index (Phi) is 4.63. The standard InChI is InChI=1S/C13H22N2O4/c16-9-11-2-1-6-15(11)13(19)14-7-5-10(8-14)3-4-12(17)18/h10-11,16H,1-9H2,(H,17,18). The number of rotatable bonds is 4. The van der Waals surface area contributed by atoms with Gasteiger partial charge in [-0.1, -0.05) is 0 Å². The van der Waals surface area contributed by atoms with Gasteiger partial charge < -0.3 is 20.0 Å². The third kappa shape index (κ3) is 3.37. The summed E-state index contributed by atoms with van der Waals surface area (Å²) in [5, 5.41) is 17.9. The van der Waals surface area contributed by atoms with Crippen molar-refractivity contribution in [3.63, 3.8) is 0 Å². The maximum Gasteiger partial charge on any atom is 0.320 e. The van der Waals surface area contributed by atoms with Crippen LogP contribution in [0.3, 0.4) is 0 Å². The topological polar surface area (TPSA) is 81.1 Å². The fourth-order valence-corrected chi connectivity index (χ4v) is 3.03. The average Bonchev–Trinajstić information content (AvgIpc) is 3.04. The molecule has 2 atom stereocenters. The van der Waals surface area contributed by atoms with Crippen molar-refractivity contribution in [1.82, 2.24) is 9.80 Å². The monoisotopic (exact) mass is 270 g/mol. The van der Waals surface area contributed by atoms with E-state index in [9.17, 15) is 14.7 Å². The summed E-state index contributed by atoms with van der Waals surface area (Å²) in [7, 11) is 0. The molecule has 0 aliphatic carbocycles. The minimum Gasteiger partial charge on any atom is -0.481 e. The van der Waals surface area contributed by atoms with Gasteiger partial charge in [-0.15, -0.1) is 0 Å². The number of carboxylic acid groups (broad SMARTS) is 1. The number of aliphatic carboxylic acids is 1. The number of aliphatic hydroxyl groups is 1. The van der Waals surface area contributed by atoms with Gasteiger partial charge in [0.25, 0.3) is 0 Å². The van der Waals surface area contributed by atoms with Crippen LogP contribution in [-0.2, 0) is 4.79 Å². The van der Waals surface area contributed by atoms with Crippen molar-refractivity contribution < 1.29 is 19.8 Å². The Labute approximate surface area is 113 Å². The maximum atomic E-state index is 12.3. The number of carbonyl (C=O) groups is 2. The molecule has 0 spiro atoms. The van der Waals surface area contributed by atoms with Gasteiger partial charge in [-0.2, -0.15) is 0 Å². The van der Waals surface area contributed by atoms with E-state index < -0.39 is 5.97 Å². The second kappa shape index (κ2) is 6.23. The molecule has 2 unspecified atom stereocenters. The van der Waals surface area contributed by atoms with Crippen molar-refractivity contribution in [2.24, 2.45) is 5.92 Å². The highest BCUT2D eigenvalue weighted by Gasteiger charge is 2.34. The summed E-state index contributed by atoms with van der Waals surface area (Å²) in [6, 6.07) is -0.0278. The lowest BCUT2D eigenvalue weighted by atomic mass is 10.0. The van der Waals surface area contributed by atoms with Crippen LogP contribution in [0.5, 0.6) is 0 Å². The number of likely N-dealkylation sites (tertiary alicyclic amines) is 2. The maximum absolute atomic E-state index is 12.3. The predicted molar refractivity (Wildman–Crippen MR) is 68.8 cm³/mol. The molecule has 2 aliphatic heterocycles. The van der Waals surface area contributed by atoms with Crippen LogP contribution in [-0.4, -0.2) is 64.3 Å². The number of urea groups is 1. The normalized spacial score (nSPS) is 27.0. The molecule has 2 heterocycles. The first-order valence-electron chi connectivity index (χ1n) is 7.00. The summed E-state index contributed by atoms with van der Waals surface area (Å²) < 4.78 is 0. The van der Waals surface area contributed by atoms with E-state index in [1.54, 1.807) is 9.80 Å². The van der Waals surface area contributed by atoms with Crippen LogP contribution in [0.4, 0.5) is 4.79 Å². The highest BCUT2D eigenvalue weighted by molar-refractivity contribution is 5.75. The van der Waals surface area contributed by atoms with E-state index in [0.29, 0.717) is 25.4 Å². The van der Waals surface area contributed by atoms with Crippen molar-refractivity contribution in [3.8, 4) is 0 Å². The molecule has 0 bridgehead atoms. The van der Waals surface area contributed by atoms with Gasteiger partial charge in [0.15, 0.2) is 0 Å².